The molecule has 1 heterocycles. The number of hydrogen-bond acceptors (Lipinski definition) is 2. The Morgan fingerprint density at radius 3 is 2.79 bits per heavy atom. The molecule has 4 atom stereocenters. The molecule has 19 heavy (non-hydrogen) atoms. The molecule has 2 aliphatic rings. The van der Waals surface area contributed by atoms with Gasteiger partial charge < -0.3 is 9.88 Å². The summed E-state index contributed by atoms with van der Waals surface area (Å²) in [6.45, 7) is 7.90. The van der Waals surface area contributed by atoms with Gasteiger partial charge >= 0.3 is 0 Å². The van der Waals surface area contributed by atoms with Crippen molar-refractivity contribution in [3.05, 3.63) is 12.4 Å². The van der Waals surface area contributed by atoms with Gasteiger partial charge in [0.05, 0.1) is 0 Å². The van der Waals surface area contributed by atoms with E-state index < -0.39 is 0 Å². The Hall–Kier alpha value is -0.990. The van der Waals surface area contributed by atoms with E-state index in [1.54, 1.807) is 0 Å². The third-order valence-electron chi connectivity index (χ3n) is 5.07. The molecule has 2 aliphatic carbocycles. The minimum Gasteiger partial charge on any atom is -0.353 e. The van der Waals surface area contributed by atoms with Crippen molar-refractivity contribution in [3.63, 3.8) is 0 Å². The van der Waals surface area contributed by atoms with Crippen molar-refractivity contribution in [2.75, 3.05) is 5.32 Å². The zero-order valence-corrected chi connectivity index (χ0v) is 12.5. The van der Waals surface area contributed by atoms with Crippen LogP contribution in [0.4, 0.5) is 5.95 Å². The maximum absolute atomic E-state index is 4.49. The summed E-state index contributed by atoms with van der Waals surface area (Å²) in [5.74, 6) is 4.58. The van der Waals surface area contributed by atoms with Gasteiger partial charge in [-0.2, -0.15) is 0 Å². The average molecular weight is 261 g/mol. The summed E-state index contributed by atoms with van der Waals surface area (Å²) >= 11 is 0. The molecule has 0 radical (unpaired) electrons. The van der Waals surface area contributed by atoms with Crippen molar-refractivity contribution in [1.82, 2.24) is 9.55 Å². The second kappa shape index (κ2) is 5.18. The molecule has 106 valence electrons. The molecule has 4 unspecified atom stereocenters. The first-order valence-corrected chi connectivity index (χ1v) is 7.91. The van der Waals surface area contributed by atoms with Crippen molar-refractivity contribution in [3.8, 4) is 0 Å². The predicted octanol–water partition coefficient (Wildman–Crippen LogP) is 3.78. The van der Waals surface area contributed by atoms with Gasteiger partial charge in [-0.3, -0.25) is 0 Å². The lowest BCUT2D eigenvalue weighted by molar-refractivity contribution is 0.303. The number of aromatic nitrogens is 2. The van der Waals surface area contributed by atoms with Gasteiger partial charge in [0.25, 0.3) is 0 Å². The molecule has 1 aromatic heterocycles. The van der Waals surface area contributed by atoms with Crippen LogP contribution in [0.2, 0.25) is 0 Å². The van der Waals surface area contributed by atoms with Gasteiger partial charge in [0.1, 0.15) is 0 Å². The number of fused-ring (bicyclic) bond motifs is 2. The lowest BCUT2D eigenvalue weighted by Crippen LogP contribution is -2.31. The Kier molecular flexibility index (Phi) is 3.55. The van der Waals surface area contributed by atoms with E-state index in [1.165, 1.54) is 25.7 Å². The molecule has 0 saturated heterocycles. The summed E-state index contributed by atoms with van der Waals surface area (Å²) in [6.07, 6.45) is 9.87. The quantitative estimate of drug-likeness (QED) is 0.874. The number of hydrogen-bond donors (Lipinski definition) is 1. The van der Waals surface area contributed by atoms with Crippen LogP contribution in [0.5, 0.6) is 0 Å². The molecule has 1 N–H and O–H groups in total. The molecule has 2 fully saturated rings. The fourth-order valence-corrected chi connectivity index (χ4v) is 4.21. The third-order valence-corrected chi connectivity index (χ3v) is 5.07. The number of nitrogens with one attached hydrogen (secondary N) is 1. The van der Waals surface area contributed by atoms with E-state index in [-0.39, 0.29) is 0 Å². The lowest BCUT2D eigenvalue weighted by atomic mass is 9.84. The van der Waals surface area contributed by atoms with Crippen molar-refractivity contribution in [1.29, 1.82) is 0 Å². The van der Waals surface area contributed by atoms with Crippen LogP contribution in [-0.2, 0) is 6.54 Å². The van der Waals surface area contributed by atoms with Crippen LogP contribution in [0.25, 0.3) is 0 Å². The first-order valence-electron chi connectivity index (χ1n) is 7.91. The van der Waals surface area contributed by atoms with Crippen molar-refractivity contribution < 1.29 is 0 Å². The first kappa shape index (κ1) is 13.0. The van der Waals surface area contributed by atoms with Crippen LogP contribution in [-0.4, -0.2) is 15.6 Å². The van der Waals surface area contributed by atoms with Crippen LogP contribution in [0, 0.1) is 23.7 Å². The SMILES string of the molecule is CC(C)Cn1ccnc1NC(C)C1CC2CCC1C2. The van der Waals surface area contributed by atoms with Crippen LogP contribution >= 0.6 is 0 Å². The number of rotatable bonds is 5. The van der Waals surface area contributed by atoms with Crippen LogP contribution in [0.3, 0.4) is 0 Å². The normalized spacial score (nSPS) is 31.1. The molecule has 0 spiro atoms. The van der Waals surface area contributed by atoms with E-state index in [2.05, 4.69) is 41.8 Å². The zero-order chi connectivity index (χ0) is 13.4. The summed E-state index contributed by atoms with van der Waals surface area (Å²) in [7, 11) is 0. The van der Waals surface area contributed by atoms with Crippen molar-refractivity contribution in [2.24, 2.45) is 23.7 Å². The third kappa shape index (κ3) is 2.65. The molecular formula is C16H27N3. The first-order chi connectivity index (χ1) is 9.13. The maximum Gasteiger partial charge on any atom is 0.202 e. The number of anilines is 1. The van der Waals surface area contributed by atoms with Gasteiger partial charge in [-0.25, -0.2) is 4.98 Å². The van der Waals surface area contributed by atoms with E-state index in [0.717, 1.165) is 30.2 Å². The van der Waals surface area contributed by atoms with Gasteiger partial charge in [0.15, 0.2) is 0 Å². The number of nitrogens with zero attached hydrogens (tertiary/aromatic N) is 2. The summed E-state index contributed by atoms with van der Waals surface area (Å²) in [5, 5.41) is 3.67. The smallest absolute Gasteiger partial charge is 0.202 e. The van der Waals surface area contributed by atoms with E-state index >= 15 is 0 Å². The van der Waals surface area contributed by atoms with Gasteiger partial charge in [-0.15, -0.1) is 0 Å². The Labute approximate surface area is 116 Å². The fourth-order valence-electron chi connectivity index (χ4n) is 4.21. The van der Waals surface area contributed by atoms with E-state index in [1.807, 2.05) is 6.20 Å². The molecule has 3 rings (SSSR count). The summed E-state index contributed by atoms with van der Waals surface area (Å²) < 4.78 is 2.26. The summed E-state index contributed by atoms with van der Waals surface area (Å²) in [4.78, 5) is 4.49. The maximum atomic E-state index is 4.49. The van der Waals surface area contributed by atoms with Crippen molar-refractivity contribution in [2.45, 2.75) is 59.0 Å². The molecule has 2 bridgehead atoms. The number of imidazole rings is 1. The molecule has 1 aromatic rings. The molecule has 3 nitrogen and oxygen atoms in total. The summed E-state index contributed by atoms with van der Waals surface area (Å²) in [5.41, 5.74) is 0. The lowest BCUT2D eigenvalue weighted by Gasteiger charge is -2.29. The van der Waals surface area contributed by atoms with Crippen LogP contribution < -0.4 is 5.32 Å². The molecule has 0 aliphatic heterocycles. The summed E-state index contributed by atoms with van der Waals surface area (Å²) in [6, 6.07) is 0.559. The van der Waals surface area contributed by atoms with E-state index in [4.69, 9.17) is 0 Å². The Morgan fingerprint density at radius 1 is 1.32 bits per heavy atom. The highest BCUT2D eigenvalue weighted by Gasteiger charge is 2.41. The second-order valence-electron chi connectivity index (χ2n) is 7.07. The largest absolute Gasteiger partial charge is 0.353 e. The standard InChI is InChI=1S/C16H27N3/c1-11(2)10-19-7-6-17-16(19)18-12(3)15-9-13-4-5-14(15)8-13/h6-7,11-15H,4-5,8-10H2,1-3H3,(H,17,18). The second-order valence-corrected chi connectivity index (χ2v) is 7.07. The molecule has 0 aromatic carbocycles. The minimum absolute atomic E-state index is 0.559. The van der Waals surface area contributed by atoms with Crippen LogP contribution in [0.1, 0.15) is 46.5 Å². The topological polar surface area (TPSA) is 29.9 Å². The fraction of sp³-hybridized carbons (Fsp3) is 0.812. The predicted molar refractivity (Wildman–Crippen MR) is 79.1 cm³/mol. The Balaban J connectivity index is 1.63. The molecule has 0 amide bonds. The highest BCUT2D eigenvalue weighted by Crippen LogP contribution is 2.49. The Morgan fingerprint density at radius 2 is 2.16 bits per heavy atom. The van der Waals surface area contributed by atoms with E-state index in [9.17, 15) is 0 Å². The van der Waals surface area contributed by atoms with Crippen molar-refractivity contribution >= 4 is 5.95 Å². The van der Waals surface area contributed by atoms with Gasteiger partial charge in [0.2, 0.25) is 5.95 Å². The highest BCUT2D eigenvalue weighted by molar-refractivity contribution is 5.28. The molecule has 3 heteroatoms. The molecule has 2 saturated carbocycles. The average Bonchev–Trinajstić information content (AvgIpc) is 3.05. The van der Waals surface area contributed by atoms with Gasteiger partial charge in [-0.1, -0.05) is 20.3 Å². The van der Waals surface area contributed by atoms with E-state index in [0.29, 0.717) is 12.0 Å². The Bertz CT molecular complexity index is 423. The molecular weight excluding hydrogens is 234 g/mol. The van der Waals surface area contributed by atoms with Crippen LogP contribution in [0.15, 0.2) is 12.4 Å². The van der Waals surface area contributed by atoms with Gasteiger partial charge in [0, 0.05) is 25.0 Å². The zero-order valence-electron chi connectivity index (χ0n) is 12.5. The van der Waals surface area contributed by atoms with Gasteiger partial charge in [-0.05, 0) is 49.9 Å². The monoisotopic (exact) mass is 261 g/mol. The highest BCUT2D eigenvalue weighted by atomic mass is 15.2. The minimum atomic E-state index is 0.559.